The standard InChI is InChI=1S/C10H16N4O2S/c1-3-14(4-8(12)15)10(16)7-5-17-9(13-7)6(2)11/h5-6H,3-4,11H2,1-2H3,(H2,12,15). The normalized spacial score (nSPS) is 12.2. The van der Waals surface area contributed by atoms with Crippen LogP contribution in [0.25, 0.3) is 0 Å². The van der Waals surface area contributed by atoms with Crippen LogP contribution in [-0.2, 0) is 4.79 Å². The van der Waals surface area contributed by atoms with Gasteiger partial charge in [-0.3, -0.25) is 9.59 Å². The highest BCUT2D eigenvalue weighted by molar-refractivity contribution is 7.09. The molecule has 94 valence electrons. The molecule has 0 radical (unpaired) electrons. The van der Waals surface area contributed by atoms with Crippen LogP contribution in [0.15, 0.2) is 5.38 Å². The molecule has 0 aromatic carbocycles. The first-order chi connectivity index (χ1) is 7.95. The fraction of sp³-hybridized carbons (Fsp3) is 0.500. The highest BCUT2D eigenvalue weighted by Crippen LogP contribution is 2.16. The summed E-state index contributed by atoms with van der Waals surface area (Å²) in [6.45, 7) is 3.89. The summed E-state index contributed by atoms with van der Waals surface area (Å²) in [4.78, 5) is 28.3. The van der Waals surface area contributed by atoms with Crippen molar-refractivity contribution in [1.82, 2.24) is 9.88 Å². The summed E-state index contributed by atoms with van der Waals surface area (Å²) >= 11 is 1.33. The lowest BCUT2D eigenvalue weighted by atomic mass is 10.3. The van der Waals surface area contributed by atoms with E-state index >= 15 is 0 Å². The van der Waals surface area contributed by atoms with Gasteiger partial charge in [-0.25, -0.2) is 4.98 Å². The molecule has 2 amide bonds. The molecule has 4 N–H and O–H groups in total. The molecule has 1 aromatic heterocycles. The van der Waals surface area contributed by atoms with Crippen LogP contribution in [0.1, 0.15) is 35.4 Å². The van der Waals surface area contributed by atoms with E-state index < -0.39 is 5.91 Å². The van der Waals surface area contributed by atoms with Crippen molar-refractivity contribution in [1.29, 1.82) is 0 Å². The molecule has 0 spiro atoms. The Kier molecular flexibility index (Phi) is 4.59. The fourth-order valence-corrected chi connectivity index (χ4v) is 2.02. The number of primary amides is 1. The molecule has 1 aromatic rings. The summed E-state index contributed by atoms with van der Waals surface area (Å²) in [7, 11) is 0. The molecule has 1 atom stereocenters. The zero-order chi connectivity index (χ0) is 13.0. The maximum atomic E-state index is 12.0. The first-order valence-corrected chi connectivity index (χ1v) is 6.12. The van der Waals surface area contributed by atoms with Crippen LogP contribution >= 0.6 is 11.3 Å². The molecule has 0 aliphatic carbocycles. The summed E-state index contributed by atoms with van der Waals surface area (Å²) in [6, 6.07) is -0.201. The molecular formula is C10H16N4O2S. The van der Waals surface area contributed by atoms with Crippen LogP contribution in [0.4, 0.5) is 0 Å². The number of nitrogens with two attached hydrogens (primary N) is 2. The lowest BCUT2D eigenvalue weighted by Crippen LogP contribution is -2.38. The van der Waals surface area contributed by atoms with Crippen LogP contribution in [0.5, 0.6) is 0 Å². The number of thiazole rings is 1. The average molecular weight is 256 g/mol. The number of aromatic nitrogens is 1. The molecule has 1 unspecified atom stereocenters. The Bertz CT molecular complexity index is 416. The largest absolute Gasteiger partial charge is 0.368 e. The minimum Gasteiger partial charge on any atom is -0.368 e. The van der Waals surface area contributed by atoms with E-state index in [-0.39, 0.29) is 18.5 Å². The van der Waals surface area contributed by atoms with Gasteiger partial charge in [0.25, 0.3) is 5.91 Å². The van der Waals surface area contributed by atoms with E-state index in [1.54, 1.807) is 19.2 Å². The molecule has 0 bridgehead atoms. The molecule has 0 saturated carbocycles. The third-order valence-corrected chi connectivity index (χ3v) is 3.19. The molecule has 1 heterocycles. The third kappa shape index (κ3) is 3.50. The Morgan fingerprint density at radius 2 is 2.24 bits per heavy atom. The second kappa shape index (κ2) is 5.74. The number of likely N-dealkylation sites (N-methyl/N-ethyl adjacent to an activating group) is 1. The van der Waals surface area contributed by atoms with E-state index in [0.717, 1.165) is 0 Å². The number of carbonyl (C=O) groups is 2. The average Bonchev–Trinajstić information content (AvgIpc) is 2.73. The van der Waals surface area contributed by atoms with Gasteiger partial charge in [0, 0.05) is 11.9 Å². The Balaban J connectivity index is 2.82. The zero-order valence-electron chi connectivity index (χ0n) is 9.84. The van der Waals surface area contributed by atoms with Gasteiger partial charge in [0.05, 0.1) is 12.6 Å². The fourth-order valence-electron chi connectivity index (χ4n) is 1.27. The highest BCUT2D eigenvalue weighted by Gasteiger charge is 2.19. The molecule has 0 fully saturated rings. The number of hydrogen-bond donors (Lipinski definition) is 2. The predicted molar refractivity (Wildman–Crippen MR) is 65.5 cm³/mol. The smallest absolute Gasteiger partial charge is 0.273 e. The second-order valence-corrected chi connectivity index (χ2v) is 4.53. The second-order valence-electron chi connectivity index (χ2n) is 3.65. The van der Waals surface area contributed by atoms with Gasteiger partial charge >= 0.3 is 0 Å². The van der Waals surface area contributed by atoms with Crippen LogP contribution in [0, 0.1) is 0 Å². The van der Waals surface area contributed by atoms with Crippen molar-refractivity contribution in [2.24, 2.45) is 11.5 Å². The number of hydrogen-bond acceptors (Lipinski definition) is 5. The third-order valence-electron chi connectivity index (χ3n) is 2.15. The lowest BCUT2D eigenvalue weighted by Gasteiger charge is -2.17. The Morgan fingerprint density at radius 3 is 2.65 bits per heavy atom. The van der Waals surface area contributed by atoms with Gasteiger partial charge in [-0.05, 0) is 13.8 Å². The number of amides is 2. The van der Waals surface area contributed by atoms with E-state index in [4.69, 9.17) is 11.5 Å². The van der Waals surface area contributed by atoms with Crippen LogP contribution in [0.3, 0.4) is 0 Å². The van der Waals surface area contributed by atoms with E-state index in [2.05, 4.69) is 4.98 Å². The van der Waals surface area contributed by atoms with Crippen LogP contribution < -0.4 is 11.5 Å². The molecule has 0 saturated heterocycles. The van der Waals surface area contributed by atoms with E-state index in [1.165, 1.54) is 16.2 Å². The van der Waals surface area contributed by atoms with Crippen molar-refractivity contribution in [2.45, 2.75) is 19.9 Å². The number of nitrogens with zero attached hydrogens (tertiary/aromatic N) is 2. The Labute approximate surface area is 104 Å². The lowest BCUT2D eigenvalue weighted by molar-refractivity contribution is -0.118. The zero-order valence-corrected chi connectivity index (χ0v) is 10.7. The molecule has 6 nitrogen and oxygen atoms in total. The molecule has 0 aliphatic heterocycles. The predicted octanol–water partition coefficient (Wildman–Crippen LogP) is 0.110. The molecule has 1 rings (SSSR count). The van der Waals surface area contributed by atoms with Gasteiger partial charge in [0.15, 0.2) is 0 Å². The first-order valence-electron chi connectivity index (χ1n) is 5.24. The Morgan fingerprint density at radius 1 is 1.59 bits per heavy atom. The van der Waals surface area contributed by atoms with E-state index in [0.29, 0.717) is 17.2 Å². The number of rotatable bonds is 5. The van der Waals surface area contributed by atoms with Gasteiger partial charge in [0.1, 0.15) is 10.7 Å². The topological polar surface area (TPSA) is 102 Å². The Hall–Kier alpha value is -1.47. The maximum Gasteiger partial charge on any atom is 0.273 e. The molecule has 17 heavy (non-hydrogen) atoms. The molecule has 7 heteroatoms. The van der Waals surface area contributed by atoms with Gasteiger partial charge in [-0.15, -0.1) is 11.3 Å². The SMILES string of the molecule is CCN(CC(N)=O)C(=O)c1csc(C(C)N)n1. The minimum absolute atomic E-state index is 0.0969. The van der Waals surface area contributed by atoms with Crippen LogP contribution in [-0.4, -0.2) is 34.8 Å². The summed E-state index contributed by atoms with van der Waals surface area (Å²) < 4.78 is 0. The quantitative estimate of drug-likeness (QED) is 0.780. The van der Waals surface area contributed by atoms with E-state index in [9.17, 15) is 9.59 Å². The summed E-state index contributed by atoms with van der Waals surface area (Å²) in [5, 5.41) is 2.34. The highest BCUT2D eigenvalue weighted by atomic mass is 32.1. The van der Waals surface area contributed by atoms with Crippen molar-refractivity contribution in [2.75, 3.05) is 13.1 Å². The monoisotopic (exact) mass is 256 g/mol. The molecule has 0 aliphatic rings. The van der Waals surface area contributed by atoms with Gasteiger partial charge < -0.3 is 16.4 Å². The summed E-state index contributed by atoms with van der Waals surface area (Å²) in [5.74, 6) is -0.836. The number of carbonyl (C=O) groups excluding carboxylic acids is 2. The maximum absolute atomic E-state index is 12.0. The van der Waals surface area contributed by atoms with Crippen molar-refractivity contribution < 1.29 is 9.59 Å². The van der Waals surface area contributed by atoms with Gasteiger partial charge in [-0.2, -0.15) is 0 Å². The van der Waals surface area contributed by atoms with Gasteiger partial charge in [-0.1, -0.05) is 0 Å². The van der Waals surface area contributed by atoms with Crippen molar-refractivity contribution in [3.8, 4) is 0 Å². The summed E-state index contributed by atoms with van der Waals surface area (Å²) in [6.07, 6.45) is 0. The first kappa shape index (κ1) is 13.6. The van der Waals surface area contributed by atoms with Crippen molar-refractivity contribution in [3.63, 3.8) is 0 Å². The minimum atomic E-state index is -0.539. The molecular weight excluding hydrogens is 240 g/mol. The van der Waals surface area contributed by atoms with Gasteiger partial charge in [0.2, 0.25) is 5.91 Å². The van der Waals surface area contributed by atoms with Crippen molar-refractivity contribution >= 4 is 23.2 Å². The summed E-state index contributed by atoms with van der Waals surface area (Å²) in [5.41, 5.74) is 11.0. The van der Waals surface area contributed by atoms with Crippen molar-refractivity contribution in [3.05, 3.63) is 16.1 Å². The van der Waals surface area contributed by atoms with Crippen LogP contribution in [0.2, 0.25) is 0 Å². The van der Waals surface area contributed by atoms with E-state index in [1.807, 2.05) is 0 Å².